The van der Waals surface area contributed by atoms with Gasteiger partial charge in [0, 0.05) is 22.3 Å². The van der Waals surface area contributed by atoms with Crippen LogP contribution in [0, 0.1) is 17.0 Å². The van der Waals surface area contributed by atoms with Crippen LogP contribution in [0.15, 0.2) is 36.5 Å². The molecule has 0 aliphatic heterocycles. The van der Waals surface area contributed by atoms with Crippen LogP contribution in [-0.4, -0.2) is 30.4 Å². The Morgan fingerprint density at radius 1 is 1.28 bits per heavy atom. The van der Waals surface area contributed by atoms with Gasteiger partial charge in [-0.1, -0.05) is 36.2 Å². The van der Waals surface area contributed by atoms with E-state index in [1.165, 1.54) is 10.7 Å². The van der Waals surface area contributed by atoms with Crippen molar-refractivity contribution in [1.82, 2.24) is 19.6 Å². The maximum atomic E-state index is 12.7. The summed E-state index contributed by atoms with van der Waals surface area (Å²) in [4.78, 5) is 23.1. The Balaban J connectivity index is 1.72. The third kappa shape index (κ3) is 4.75. The standard InChI is InChI=1S/C18H18Cl2N6O3/c1-3-15(25-11(2)8-17(23-25)26(28)29)18(27)21-16-6-7-24(22-16)10-12-4-5-13(19)9-14(12)20/h4-9,15H,3,10H2,1-2H3,(H,21,22,27). The van der Waals surface area contributed by atoms with Crippen molar-refractivity contribution in [3.8, 4) is 0 Å². The monoisotopic (exact) mass is 436 g/mol. The molecule has 29 heavy (non-hydrogen) atoms. The molecule has 0 spiro atoms. The van der Waals surface area contributed by atoms with Gasteiger partial charge in [0.25, 0.3) is 5.91 Å². The number of nitrogens with one attached hydrogen (secondary N) is 1. The molecule has 1 atom stereocenters. The minimum absolute atomic E-state index is 0.294. The molecule has 0 aliphatic rings. The zero-order chi connectivity index (χ0) is 21.1. The van der Waals surface area contributed by atoms with Gasteiger partial charge >= 0.3 is 5.82 Å². The Hall–Kier alpha value is -2.91. The van der Waals surface area contributed by atoms with E-state index in [-0.39, 0.29) is 11.7 Å². The van der Waals surface area contributed by atoms with Crippen molar-refractivity contribution in [2.75, 3.05) is 5.32 Å². The largest absolute Gasteiger partial charge is 0.390 e. The van der Waals surface area contributed by atoms with Crippen LogP contribution in [0.2, 0.25) is 10.0 Å². The number of hydrogen-bond donors (Lipinski definition) is 1. The highest BCUT2D eigenvalue weighted by molar-refractivity contribution is 6.35. The molecule has 0 bridgehead atoms. The van der Waals surface area contributed by atoms with E-state index in [4.69, 9.17) is 23.2 Å². The number of amides is 1. The van der Waals surface area contributed by atoms with Crippen LogP contribution in [-0.2, 0) is 11.3 Å². The van der Waals surface area contributed by atoms with Gasteiger partial charge in [0.1, 0.15) is 0 Å². The average Bonchev–Trinajstić information content (AvgIpc) is 3.25. The third-order valence-electron chi connectivity index (χ3n) is 4.32. The van der Waals surface area contributed by atoms with Crippen LogP contribution >= 0.6 is 23.2 Å². The number of nitrogens with zero attached hydrogens (tertiary/aromatic N) is 5. The minimum Gasteiger partial charge on any atom is -0.358 e. The Labute approximate surface area is 176 Å². The van der Waals surface area contributed by atoms with E-state index in [0.717, 1.165) is 5.56 Å². The molecule has 152 valence electrons. The van der Waals surface area contributed by atoms with Crippen LogP contribution in [0.1, 0.15) is 30.6 Å². The second-order valence-electron chi connectivity index (χ2n) is 6.39. The van der Waals surface area contributed by atoms with Crippen LogP contribution in [0.5, 0.6) is 0 Å². The number of nitro groups is 1. The quantitative estimate of drug-likeness (QED) is 0.439. The SMILES string of the molecule is CCC(C(=O)Nc1ccn(Cc2ccc(Cl)cc2Cl)n1)n1nc([N+](=O)[O-])cc1C. The summed E-state index contributed by atoms with van der Waals surface area (Å²) in [5.74, 6) is -0.293. The smallest absolute Gasteiger partial charge is 0.358 e. The molecule has 9 nitrogen and oxygen atoms in total. The molecule has 0 fully saturated rings. The van der Waals surface area contributed by atoms with E-state index >= 15 is 0 Å². The first-order chi connectivity index (χ1) is 13.8. The van der Waals surface area contributed by atoms with Gasteiger partial charge < -0.3 is 15.4 Å². The topological polar surface area (TPSA) is 108 Å². The van der Waals surface area contributed by atoms with Gasteiger partial charge in [-0.25, -0.2) is 0 Å². The van der Waals surface area contributed by atoms with Gasteiger partial charge in [0.05, 0.1) is 23.4 Å². The van der Waals surface area contributed by atoms with Crippen LogP contribution in [0.4, 0.5) is 11.6 Å². The number of carbonyl (C=O) groups is 1. The third-order valence-corrected chi connectivity index (χ3v) is 4.91. The highest BCUT2D eigenvalue weighted by Gasteiger charge is 2.27. The van der Waals surface area contributed by atoms with Crippen molar-refractivity contribution in [2.45, 2.75) is 32.9 Å². The first-order valence-corrected chi connectivity index (χ1v) is 9.53. The molecule has 3 aromatic rings. The minimum atomic E-state index is -0.695. The van der Waals surface area contributed by atoms with Crippen LogP contribution in [0.25, 0.3) is 0 Å². The molecule has 1 unspecified atom stereocenters. The number of rotatable bonds is 7. The summed E-state index contributed by atoms with van der Waals surface area (Å²) in [5.41, 5.74) is 1.37. The molecular formula is C18H18Cl2N6O3. The number of halogens is 2. The van der Waals surface area contributed by atoms with E-state index in [2.05, 4.69) is 15.5 Å². The summed E-state index contributed by atoms with van der Waals surface area (Å²) < 4.78 is 2.99. The van der Waals surface area contributed by atoms with E-state index in [1.807, 2.05) is 6.07 Å². The average molecular weight is 437 g/mol. The summed E-state index contributed by atoms with van der Waals surface area (Å²) in [7, 11) is 0. The Morgan fingerprint density at radius 2 is 2.03 bits per heavy atom. The highest BCUT2D eigenvalue weighted by atomic mass is 35.5. The van der Waals surface area contributed by atoms with E-state index in [1.54, 1.807) is 42.9 Å². The molecule has 0 aliphatic carbocycles. The predicted molar refractivity (Wildman–Crippen MR) is 109 cm³/mol. The van der Waals surface area contributed by atoms with Crippen molar-refractivity contribution in [3.63, 3.8) is 0 Å². The molecule has 0 saturated heterocycles. The summed E-state index contributed by atoms with van der Waals surface area (Å²) in [6, 6.07) is 7.51. The number of aromatic nitrogens is 4. The number of anilines is 1. The maximum Gasteiger partial charge on any atom is 0.390 e. The van der Waals surface area contributed by atoms with Crippen LogP contribution in [0.3, 0.4) is 0 Å². The number of hydrogen-bond acceptors (Lipinski definition) is 5. The Kier molecular flexibility index (Phi) is 6.19. The lowest BCUT2D eigenvalue weighted by atomic mass is 10.2. The second kappa shape index (κ2) is 8.62. The van der Waals surface area contributed by atoms with Crippen molar-refractivity contribution in [1.29, 1.82) is 0 Å². The molecule has 1 aromatic carbocycles. The van der Waals surface area contributed by atoms with Gasteiger partial charge in [-0.2, -0.15) is 9.78 Å². The van der Waals surface area contributed by atoms with Gasteiger partial charge in [-0.05, 0) is 36.0 Å². The summed E-state index contributed by atoms with van der Waals surface area (Å²) in [6.07, 6.45) is 2.12. The van der Waals surface area contributed by atoms with Gasteiger partial charge in [-0.15, -0.1) is 0 Å². The van der Waals surface area contributed by atoms with Crippen molar-refractivity contribution < 1.29 is 9.72 Å². The van der Waals surface area contributed by atoms with Crippen LogP contribution < -0.4 is 5.32 Å². The fourth-order valence-electron chi connectivity index (χ4n) is 2.90. The molecule has 2 heterocycles. The van der Waals surface area contributed by atoms with E-state index in [0.29, 0.717) is 34.5 Å². The Bertz CT molecular complexity index is 1060. The normalized spacial score (nSPS) is 12.0. The first kappa shape index (κ1) is 20.8. The number of aryl methyl sites for hydroxylation is 1. The molecule has 3 rings (SSSR count). The van der Waals surface area contributed by atoms with E-state index < -0.39 is 11.0 Å². The lowest BCUT2D eigenvalue weighted by Crippen LogP contribution is -2.27. The second-order valence-corrected chi connectivity index (χ2v) is 7.24. The van der Waals surface area contributed by atoms with Crippen molar-refractivity contribution in [3.05, 3.63) is 67.9 Å². The predicted octanol–water partition coefficient (Wildman–Crippen LogP) is 4.24. The number of carbonyl (C=O) groups excluding carboxylic acids is 1. The molecule has 1 amide bonds. The zero-order valence-electron chi connectivity index (χ0n) is 15.7. The fourth-order valence-corrected chi connectivity index (χ4v) is 3.36. The van der Waals surface area contributed by atoms with E-state index in [9.17, 15) is 14.9 Å². The lowest BCUT2D eigenvalue weighted by Gasteiger charge is -2.13. The fraction of sp³-hybridized carbons (Fsp3) is 0.278. The van der Waals surface area contributed by atoms with Crippen molar-refractivity contribution >= 4 is 40.7 Å². The van der Waals surface area contributed by atoms with Gasteiger partial charge in [0.15, 0.2) is 11.9 Å². The summed E-state index contributed by atoms with van der Waals surface area (Å²) in [5, 5.41) is 23.0. The zero-order valence-corrected chi connectivity index (χ0v) is 17.2. The summed E-state index contributed by atoms with van der Waals surface area (Å²) >= 11 is 12.1. The van der Waals surface area contributed by atoms with Gasteiger partial charge in [0.2, 0.25) is 0 Å². The maximum absolute atomic E-state index is 12.7. The molecule has 11 heteroatoms. The first-order valence-electron chi connectivity index (χ1n) is 8.77. The molecule has 0 radical (unpaired) electrons. The number of benzene rings is 1. The lowest BCUT2D eigenvalue weighted by molar-refractivity contribution is -0.389. The molecule has 2 aromatic heterocycles. The highest BCUT2D eigenvalue weighted by Crippen LogP contribution is 2.23. The van der Waals surface area contributed by atoms with Crippen molar-refractivity contribution in [2.24, 2.45) is 0 Å². The molecule has 0 saturated carbocycles. The summed E-state index contributed by atoms with van der Waals surface area (Å²) in [6.45, 7) is 3.88. The molecule has 1 N–H and O–H groups in total. The Morgan fingerprint density at radius 3 is 2.66 bits per heavy atom. The molecular weight excluding hydrogens is 419 g/mol. The van der Waals surface area contributed by atoms with Gasteiger partial charge in [-0.3, -0.25) is 9.48 Å².